The maximum Gasteiger partial charge on any atom is 0.489 e. The van der Waals surface area contributed by atoms with E-state index in [-0.39, 0.29) is 0 Å². The van der Waals surface area contributed by atoms with Gasteiger partial charge in [0.05, 0.1) is 0 Å². The Hall–Kier alpha value is -2.36. The van der Waals surface area contributed by atoms with Crippen molar-refractivity contribution in [1.29, 1.82) is 0 Å². The minimum absolute atomic E-state index is 0.550. The van der Waals surface area contributed by atoms with Gasteiger partial charge in [0.15, 0.2) is 0 Å². The molecular weight excluding hydrogens is 259 g/mol. The Morgan fingerprint density at radius 1 is 0.571 bits per heavy atom. The minimum atomic E-state index is -1.47. The fraction of sp³-hybridized carbons (Fsp3) is 0. The average Bonchev–Trinajstić information content (AvgIpc) is 2.53. The Balaban J connectivity index is 2.34. The van der Waals surface area contributed by atoms with Crippen LogP contribution < -0.4 is 5.46 Å². The van der Waals surface area contributed by atoms with Crippen LogP contribution in [0.4, 0.5) is 0 Å². The second kappa shape index (κ2) is 4.59. The van der Waals surface area contributed by atoms with Crippen LogP contribution in [0.25, 0.3) is 32.3 Å². The van der Waals surface area contributed by atoms with Crippen molar-refractivity contribution >= 4 is 44.9 Å². The minimum Gasteiger partial charge on any atom is -0.423 e. The summed E-state index contributed by atoms with van der Waals surface area (Å²) in [5, 5.41) is 25.8. The molecule has 0 saturated carbocycles. The molecule has 2 N–H and O–H groups in total. The number of hydrogen-bond donors (Lipinski definition) is 2. The van der Waals surface area contributed by atoms with Crippen molar-refractivity contribution in [3.8, 4) is 0 Å². The second-order valence-electron chi connectivity index (χ2n) is 5.27. The average molecular weight is 272 g/mol. The quantitative estimate of drug-likeness (QED) is 0.413. The van der Waals surface area contributed by atoms with E-state index in [9.17, 15) is 10.0 Å². The molecule has 0 unspecified atom stereocenters. The highest BCUT2D eigenvalue weighted by Gasteiger charge is 2.17. The van der Waals surface area contributed by atoms with Crippen LogP contribution in [0.2, 0.25) is 0 Å². The molecule has 21 heavy (non-hydrogen) atoms. The monoisotopic (exact) mass is 272 g/mol. The first-order valence-corrected chi connectivity index (χ1v) is 6.95. The summed E-state index contributed by atoms with van der Waals surface area (Å²) in [6.45, 7) is 0. The summed E-state index contributed by atoms with van der Waals surface area (Å²) >= 11 is 0. The lowest BCUT2D eigenvalue weighted by atomic mass is 9.75. The van der Waals surface area contributed by atoms with Crippen molar-refractivity contribution in [3.05, 3.63) is 66.7 Å². The highest BCUT2D eigenvalue weighted by atomic mass is 16.4. The summed E-state index contributed by atoms with van der Waals surface area (Å²) in [5.74, 6) is 0. The van der Waals surface area contributed by atoms with E-state index in [0.29, 0.717) is 5.46 Å². The van der Waals surface area contributed by atoms with Crippen molar-refractivity contribution < 1.29 is 10.0 Å². The highest BCUT2D eigenvalue weighted by Crippen LogP contribution is 2.31. The number of rotatable bonds is 1. The summed E-state index contributed by atoms with van der Waals surface area (Å²) in [7, 11) is -1.47. The van der Waals surface area contributed by atoms with Crippen LogP contribution in [-0.2, 0) is 0 Å². The fourth-order valence-electron chi connectivity index (χ4n) is 3.12. The lowest BCUT2D eigenvalue weighted by Crippen LogP contribution is -2.30. The molecule has 2 nitrogen and oxygen atoms in total. The van der Waals surface area contributed by atoms with Crippen LogP contribution >= 0.6 is 0 Å². The van der Waals surface area contributed by atoms with Gasteiger partial charge in [-0.15, -0.1) is 0 Å². The molecule has 0 bridgehead atoms. The van der Waals surface area contributed by atoms with E-state index in [2.05, 4.69) is 30.3 Å². The van der Waals surface area contributed by atoms with Crippen molar-refractivity contribution in [1.82, 2.24) is 0 Å². The molecule has 0 heterocycles. The molecule has 0 aliphatic carbocycles. The van der Waals surface area contributed by atoms with Crippen LogP contribution in [0.1, 0.15) is 0 Å². The van der Waals surface area contributed by atoms with Gasteiger partial charge < -0.3 is 10.0 Å². The maximum absolute atomic E-state index is 9.71. The van der Waals surface area contributed by atoms with Gasteiger partial charge in [-0.25, -0.2) is 0 Å². The molecule has 0 aliphatic rings. The summed E-state index contributed by atoms with van der Waals surface area (Å²) in [6.07, 6.45) is 0. The maximum atomic E-state index is 9.71. The normalized spacial score (nSPS) is 11.3. The molecule has 0 spiro atoms. The third-order valence-electron chi connectivity index (χ3n) is 4.06. The zero-order valence-electron chi connectivity index (χ0n) is 11.3. The van der Waals surface area contributed by atoms with E-state index >= 15 is 0 Å². The third kappa shape index (κ3) is 1.83. The topological polar surface area (TPSA) is 40.5 Å². The van der Waals surface area contributed by atoms with Gasteiger partial charge in [0.2, 0.25) is 0 Å². The lowest BCUT2D eigenvalue weighted by molar-refractivity contribution is 0.426. The van der Waals surface area contributed by atoms with Crippen molar-refractivity contribution in [2.45, 2.75) is 0 Å². The SMILES string of the molecule is OB(O)c1cccc2ccc3ccc4ccccc4c3c12. The summed E-state index contributed by atoms with van der Waals surface area (Å²) < 4.78 is 0. The zero-order chi connectivity index (χ0) is 14.4. The van der Waals surface area contributed by atoms with Gasteiger partial charge in [-0.1, -0.05) is 66.7 Å². The molecule has 4 rings (SSSR count). The Kier molecular flexibility index (Phi) is 2.71. The van der Waals surface area contributed by atoms with Crippen LogP contribution in [0.15, 0.2) is 66.7 Å². The summed E-state index contributed by atoms with van der Waals surface area (Å²) in [6, 6.07) is 22.1. The van der Waals surface area contributed by atoms with Gasteiger partial charge in [-0.05, 0) is 37.8 Å². The number of hydrogen-bond acceptors (Lipinski definition) is 2. The molecule has 0 radical (unpaired) electrons. The summed E-state index contributed by atoms with van der Waals surface area (Å²) in [4.78, 5) is 0. The Morgan fingerprint density at radius 2 is 1.19 bits per heavy atom. The first-order valence-electron chi connectivity index (χ1n) is 6.95. The third-order valence-corrected chi connectivity index (χ3v) is 4.06. The van der Waals surface area contributed by atoms with E-state index in [4.69, 9.17) is 0 Å². The van der Waals surface area contributed by atoms with Gasteiger partial charge in [-0.3, -0.25) is 0 Å². The molecule has 0 atom stereocenters. The standard InChI is InChI=1S/C18H13BO2/c20-19(21)16-7-3-5-13-10-11-14-9-8-12-4-1-2-6-15(12)17(14)18(13)16/h1-11,20-21H. The Morgan fingerprint density at radius 3 is 1.95 bits per heavy atom. The Labute approximate surface area is 122 Å². The zero-order valence-corrected chi connectivity index (χ0v) is 11.3. The van der Waals surface area contributed by atoms with E-state index in [1.807, 2.05) is 30.3 Å². The Bertz CT molecular complexity index is 971. The second-order valence-corrected chi connectivity index (χ2v) is 5.27. The molecule has 0 fully saturated rings. The molecule has 0 aromatic heterocycles. The van der Waals surface area contributed by atoms with E-state index in [1.165, 1.54) is 0 Å². The van der Waals surface area contributed by atoms with Crippen LogP contribution in [0.5, 0.6) is 0 Å². The lowest BCUT2D eigenvalue weighted by Gasteiger charge is -2.11. The molecule has 100 valence electrons. The number of fused-ring (bicyclic) bond motifs is 5. The van der Waals surface area contributed by atoms with Gasteiger partial charge in [0, 0.05) is 0 Å². The van der Waals surface area contributed by atoms with Gasteiger partial charge >= 0.3 is 7.12 Å². The van der Waals surface area contributed by atoms with Crippen LogP contribution in [0, 0.1) is 0 Å². The van der Waals surface area contributed by atoms with Gasteiger partial charge in [-0.2, -0.15) is 0 Å². The summed E-state index contributed by atoms with van der Waals surface area (Å²) in [5.41, 5.74) is 0.550. The predicted octanol–water partition coefficient (Wildman–Crippen LogP) is 2.83. The van der Waals surface area contributed by atoms with E-state index < -0.39 is 7.12 Å². The first-order chi connectivity index (χ1) is 10.3. The largest absolute Gasteiger partial charge is 0.489 e. The predicted molar refractivity (Wildman–Crippen MR) is 88.8 cm³/mol. The van der Waals surface area contributed by atoms with Crippen molar-refractivity contribution in [2.75, 3.05) is 0 Å². The van der Waals surface area contributed by atoms with Crippen molar-refractivity contribution in [2.24, 2.45) is 0 Å². The van der Waals surface area contributed by atoms with E-state index in [1.54, 1.807) is 6.07 Å². The molecule has 0 aliphatic heterocycles. The number of benzene rings is 4. The highest BCUT2D eigenvalue weighted by molar-refractivity contribution is 6.63. The smallest absolute Gasteiger partial charge is 0.423 e. The molecule has 0 saturated heterocycles. The first kappa shape index (κ1) is 12.4. The molecule has 4 aromatic rings. The molecule has 3 heteroatoms. The van der Waals surface area contributed by atoms with Crippen molar-refractivity contribution in [3.63, 3.8) is 0 Å². The fourth-order valence-corrected chi connectivity index (χ4v) is 3.12. The van der Waals surface area contributed by atoms with Crippen LogP contribution in [0.3, 0.4) is 0 Å². The molecule has 0 amide bonds. The van der Waals surface area contributed by atoms with Gasteiger partial charge in [0.1, 0.15) is 0 Å². The molecule has 4 aromatic carbocycles. The van der Waals surface area contributed by atoms with E-state index in [0.717, 1.165) is 32.3 Å². The van der Waals surface area contributed by atoms with Crippen LogP contribution in [-0.4, -0.2) is 17.2 Å². The molecular formula is C18H13BO2. The van der Waals surface area contributed by atoms with Gasteiger partial charge in [0.25, 0.3) is 0 Å².